The Morgan fingerprint density at radius 1 is 0.941 bits per heavy atom. The second-order valence-corrected chi connectivity index (χ2v) is 4.52. The van der Waals surface area contributed by atoms with E-state index in [1.54, 1.807) is 6.07 Å². The van der Waals surface area contributed by atoms with Gasteiger partial charge in [0.05, 0.1) is 0 Å². The number of nitrogens with one attached hydrogen (secondary N) is 1. The van der Waals surface area contributed by atoms with Crippen LogP contribution in [0, 0.1) is 11.6 Å². The molecular formula is C13H10BrF2N. The second kappa shape index (κ2) is 5.27. The Morgan fingerprint density at radius 2 is 1.65 bits per heavy atom. The van der Waals surface area contributed by atoms with E-state index in [4.69, 9.17) is 0 Å². The van der Waals surface area contributed by atoms with E-state index in [9.17, 15) is 8.78 Å². The quantitative estimate of drug-likeness (QED) is 0.889. The molecule has 2 aromatic carbocycles. The molecule has 0 atom stereocenters. The van der Waals surface area contributed by atoms with Crippen LogP contribution in [0.3, 0.4) is 0 Å². The molecule has 1 N–H and O–H groups in total. The first-order valence-electron chi connectivity index (χ1n) is 5.08. The predicted octanol–water partition coefficient (Wildman–Crippen LogP) is 4.34. The molecule has 0 saturated heterocycles. The molecule has 0 fully saturated rings. The van der Waals surface area contributed by atoms with E-state index in [0.29, 0.717) is 12.1 Å². The van der Waals surface area contributed by atoms with Crippen molar-refractivity contribution in [3.05, 3.63) is 64.1 Å². The van der Waals surface area contributed by atoms with Crippen molar-refractivity contribution >= 4 is 21.6 Å². The Hall–Kier alpha value is -1.42. The number of halogens is 3. The van der Waals surface area contributed by atoms with Gasteiger partial charge in [-0.15, -0.1) is 0 Å². The normalized spacial score (nSPS) is 10.3. The van der Waals surface area contributed by atoms with Crippen molar-refractivity contribution in [1.29, 1.82) is 0 Å². The number of rotatable bonds is 3. The Morgan fingerprint density at radius 3 is 2.29 bits per heavy atom. The summed E-state index contributed by atoms with van der Waals surface area (Å²) in [6, 6.07) is 11.5. The Labute approximate surface area is 107 Å². The maximum atomic E-state index is 12.9. The van der Waals surface area contributed by atoms with Crippen LogP contribution in [0.4, 0.5) is 14.5 Å². The third kappa shape index (κ3) is 3.27. The Balaban J connectivity index is 2.02. The SMILES string of the molecule is Fc1ccc(CNc2ccc(Br)cc2)cc1F. The molecule has 1 nitrogen and oxygen atoms in total. The largest absolute Gasteiger partial charge is 0.381 e. The molecule has 4 heteroatoms. The van der Waals surface area contributed by atoms with Gasteiger partial charge in [0.2, 0.25) is 0 Å². The van der Waals surface area contributed by atoms with E-state index >= 15 is 0 Å². The van der Waals surface area contributed by atoms with Crippen LogP contribution in [0.1, 0.15) is 5.56 Å². The van der Waals surface area contributed by atoms with Gasteiger partial charge >= 0.3 is 0 Å². The molecule has 0 aromatic heterocycles. The molecule has 17 heavy (non-hydrogen) atoms. The molecule has 0 heterocycles. The molecule has 0 unspecified atom stereocenters. The van der Waals surface area contributed by atoms with Gasteiger partial charge in [-0.2, -0.15) is 0 Å². The zero-order valence-electron chi connectivity index (χ0n) is 8.88. The summed E-state index contributed by atoms with van der Waals surface area (Å²) >= 11 is 3.34. The van der Waals surface area contributed by atoms with Gasteiger partial charge in [-0.05, 0) is 42.0 Å². The first-order chi connectivity index (χ1) is 8.15. The maximum absolute atomic E-state index is 12.9. The molecular weight excluding hydrogens is 288 g/mol. The summed E-state index contributed by atoms with van der Waals surface area (Å²) in [7, 11) is 0. The van der Waals surface area contributed by atoms with Gasteiger partial charge in [0.15, 0.2) is 11.6 Å². The number of benzene rings is 2. The zero-order chi connectivity index (χ0) is 12.3. The van der Waals surface area contributed by atoms with Crippen LogP contribution in [0.25, 0.3) is 0 Å². The van der Waals surface area contributed by atoms with E-state index in [-0.39, 0.29) is 0 Å². The first-order valence-corrected chi connectivity index (χ1v) is 5.88. The molecule has 2 aromatic rings. The molecule has 0 aliphatic heterocycles. The monoisotopic (exact) mass is 297 g/mol. The van der Waals surface area contributed by atoms with Gasteiger partial charge in [-0.25, -0.2) is 8.78 Å². The van der Waals surface area contributed by atoms with E-state index < -0.39 is 11.6 Å². The second-order valence-electron chi connectivity index (χ2n) is 3.61. The summed E-state index contributed by atoms with van der Waals surface area (Å²) in [5.41, 5.74) is 1.63. The van der Waals surface area contributed by atoms with E-state index in [2.05, 4.69) is 21.2 Å². The van der Waals surface area contributed by atoms with Crippen molar-refractivity contribution in [2.45, 2.75) is 6.54 Å². The summed E-state index contributed by atoms with van der Waals surface area (Å²) in [4.78, 5) is 0. The molecule has 0 bridgehead atoms. The van der Waals surface area contributed by atoms with Crippen molar-refractivity contribution in [3.8, 4) is 0 Å². The zero-order valence-corrected chi connectivity index (χ0v) is 10.5. The molecule has 0 saturated carbocycles. The van der Waals surface area contributed by atoms with E-state index in [1.165, 1.54) is 6.07 Å². The van der Waals surface area contributed by atoms with Crippen molar-refractivity contribution in [1.82, 2.24) is 0 Å². The van der Waals surface area contributed by atoms with E-state index in [1.807, 2.05) is 24.3 Å². The highest BCUT2D eigenvalue weighted by Gasteiger charge is 2.02. The first kappa shape index (κ1) is 12.0. The van der Waals surface area contributed by atoms with Crippen molar-refractivity contribution in [3.63, 3.8) is 0 Å². The smallest absolute Gasteiger partial charge is 0.159 e. The third-order valence-electron chi connectivity index (χ3n) is 2.32. The maximum Gasteiger partial charge on any atom is 0.159 e. The molecule has 0 radical (unpaired) electrons. The van der Waals surface area contributed by atoms with E-state index in [0.717, 1.165) is 16.2 Å². The lowest BCUT2D eigenvalue weighted by Gasteiger charge is -2.06. The van der Waals surface area contributed by atoms with Gasteiger partial charge in [0, 0.05) is 16.7 Å². The molecule has 0 spiro atoms. The average molecular weight is 298 g/mol. The number of anilines is 1. The van der Waals surface area contributed by atoms with Gasteiger partial charge in [0.1, 0.15) is 0 Å². The minimum atomic E-state index is -0.822. The molecule has 0 amide bonds. The molecule has 0 aliphatic carbocycles. The fourth-order valence-corrected chi connectivity index (χ4v) is 1.69. The van der Waals surface area contributed by atoms with Crippen LogP contribution >= 0.6 is 15.9 Å². The van der Waals surface area contributed by atoms with Gasteiger partial charge in [-0.1, -0.05) is 22.0 Å². The molecule has 2 rings (SSSR count). The lowest BCUT2D eigenvalue weighted by molar-refractivity contribution is 0.507. The average Bonchev–Trinajstić information content (AvgIpc) is 2.33. The van der Waals surface area contributed by atoms with Gasteiger partial charge in [0.25, 0.3) is 0 Å². The minimum absolute atomic E-state index is 0.457. The fraction of sp³-hybridized carbons (Fsp3) is 0.0769. The van der Waals surface area contributed by atoms with Crippen molar-refractivity contribution in [2.75, 3.05) is 5.32 Å². The molecule has 0 aliphatic rings. The fourth-order valence-electron chi connectivity index (χ4n) is 1.42. The summed E-state index contributed by atoms with van der Waals surface area (Å²) in [5, 5.41) is 3.12. The third-order valence-corrected chi connectivity index (χ3v) is 2.85. The lowest BCUT2D eigenvalue weighted by atomic mass is 10.2. The number of hydrogen-bond acceptors (Lipinski definition) is 1. The highest BCUT2D eigenvalue weighted by atomic mass is 79.9. The summed E-state index contributed by atoms with van der Waals surface area (Å²) < 4.78 is 26.7. The van der Waals surface area contributed by atoms with Gasteiger partial charge in [-0.3, -0.25) is 0 Å². The van der Waals surface area contributed by atoms with Crippen LogP contribution in [0.2, 0.25) is 0 Å². The van der Waals surface area contributed by atoms with Crippen molar-refractivity contribution < 1.29 is 8.78 Å². The Bertz CT molecular complexity index is 511. The van der Waals surface area contributed by atoms with Crippen LogP contribution in [0.5, 0.6) is 0 Å². The van der Waals surface area contributed by atoms with Gasteiger partial charge < -0.3 is 5.32 Å². The van der Waals surface area contributed by atoms with Crippen LogP contribution in [-0.2, 0) is 6.54 Å². The number of hydrogen-bond donors (Lipinski definition) is 1. The Kier molecular flexibility index (Phi) is 3.74. The topological polar surface area (TPSA) is 12.0 Å². The predicted molar refractivity (Wildman–Crippen MR) is 67.8 cm³/mol. The minimum Gasteiger partial charge on any atom is -0.381 e. The van der Waals surface area contributed by atoms with Crippen LogP contribution < -0.4 is 5.32 Å². The standard InChI is InChI=1S/C13H10BrF2N/c14-10-2-4-11(5-3-10)17-8-9-1-6-12(15)13(16)7-9/h1-7,17H,8H2. The summed E-state index contributed by atoms with van der Waals surface area (Å²) in [6.07, 6.45) is 0. The van der Waals surface area contributed by atoms with Crippen molar-refractivity contribution in [2.24, 2.45) is 0 Å². The molecule has 88 valence electrons. The summed E-state index contributed by atoms with van der Waals surface area (Å²) in [5.74, 6) is -1.64. The highest BCUT2D eigenvalue weighted by Crippen LogP contribution is 2.15. The van der Waals surface area contributed by atoms with Crippen LogP contribution in [0.15, 0.2) is 46.9 Å². The highest BCUT2D eigenvalue weighted by molar-refractivity contribution is 9.10. The lowest BCUT2D eigenvalue weighted by Crippen LogP contribution is -2.00. The van der Waals surface area contributed by atoms with Crippen LogP contribution in [-0.4, -0.2) is 0 Å². The summed E-state index contributed by atoms with van der Waals surface area (Å²) in [6.45, 7) is 0.457.